The van der Waals surface area contributed by atoms with Gasteiger partial charge >= 0.3 is 21.2 Å². The molecule has 0 radical (unpaired) electrons. The summed E-state index contributed by atoms with van der Waals surface area (Å²) in [7, 11) is -22.2. The van der Waals surface area contributed by atoms with Crippen LogP contribution in [0.1, 0.15) is 103 Å². The third-order valence-corrected chi connectivity index (χ3v) is 18.3. The maximum Gasteiger partial charge on any atom is 0.425 e. The van der Waals surface area contributed by atoms with Gasteiger partial charge in [0, 0.05) is 92.6 Å². The zero-order valence-electron chi connectivity index (χ0n) is 48.4. The molecule has 92 heavy (non-hydrogen) atoms. The largest absolute Gasteiger partial charge is 0.425 e. The van der Waals surface area contributed by atoms with Crippen LogP contribution in [0.25, 0.3) is 86.2 Å². The molecular weight excluding hydrogens is 1330 g/mol. The van der Waals surface area contributed by atoms with Crippen molar-refractivity contribution in [2.45, 2.75) is 60.1 Å². The van der Waals surface area contributed by atoms with Crippen molar-refractivity contribution in [3.63, 3.8) is 0 Å². The van der Waals surface area contributed by atoms with Gasteiger partial charge in [0.1, 0.15) is 19.6 Å². The van der Waals surface area contributed by atoms with Crippen LogP contribution in [0, 0.1) is 0 Å². The lowest BCUT2D eigenvalue weighted by Crippen LogP contribution is -2.18. The summed E-state index contributed by atoms with van der Waals surface area (Å²) in [6.07, 6.45) is 0.305. The molecule has 0 saturated carbocycles. The molecule has 0 spiro atoms. The highest BCUT2D eigenvalue weighted by molar-refractivity contribution is 7.87. The minimum Gasteiger partial charge on any atom is -0.355 e. The number of amides is 2. The summed E-state index contributed by atoms with van der Waals surface area (Å²) in [5.74, 6) is -1.81. The molecule has 478 valence electrons. The van der Waals surface area contributed by atoms with E-state index in [2.05, 4.69) is 10.6 Å². The highest BCUT2D eigenvalue weighted by Gasteiger charge is 2.30. The third-order valence-electron chi connectivity index (χ3n) is 14.6. The van der Waals surface area contributed by atoms with Gasteiger partial charge in [-0.3, -0.25) is 47.0 Å². The Labute approximate surface area is 525 Å². The van der Waals surface area contributed by atoms with Gasteiger partial charge in [-0.25, -0.2) is 0 Å². The number of benzene rings is 11. The molecule has 0 saturated heterocycles. The molecule has 11 aromatic rings. The normalized spacial score (nSPS) is 11.7. The lowest BCUT2D eigenvalue weighted by Gasteiger charge is -2.17. The predicted molar refractivity (Wildman–Crippen MR) is 336 cm³/mol. The summed E-state index contributed by atoms with van der Waals surface area (Å²) in [5, 5.41) is 11.3. The Hall–Kier alpha value is -9.48. The molecule has 0 aliphatic rings. The fourth-order valence-corrected chi connectivity index (χ4v) is 14.1. The van der Waals surface area contributed by atoms with E-state index in [4.69, 9.17) is 25.3 Å². The monoisotopic (exact) mass is 1370 g/mol. The topological polar surface area (TPSA) is 446 Å². The number of nitrogens with one attached hydrogen (secondary N) is 2. The Balaban J connectivity index is 0.000000185. The van der Waals surface area contributed by atoms with Gasteiger partial charge in [-0.2, -0.15) is 33.7 Å². The van der Waals surface area contributed by atoms with Gasteiger partial charge < -0.3 is 10.6 Å². The summed E-state index contributed by atoms with van der Waals surface area (Å²) in [4.78, 5) is 71.1. The average molecular weight is 1370 g/mol. The molecule has 11 rings (SSSR count). The fourth-order valence-electron chi connectivity index (χ4n) is 10.9. The van der Waals surface area contributed by atoms with Crippen molar-refractivity contribution in [2.24, 2.45) is 0 Å². The number of hydrogen-bond acceptors (Lipinski definition) is 20. The first-order valence-electron chi connectivity index (χ1n) is 26.3. The van der Waals surface area contributed by atoms with E-state index < -0.39 is 77.4 Å². The molecule has 32 heteroatoms. The molecule has 0 atom stereocenters. The van der Waals surface area contributed by atoms with Crippen LogP contribution >= 0.6 is 0 Å². The van der Waals surface area contributed by atoms with E-state index in [0.29, 0.717) is 65.0 Å². The molecule has 0 unspecified atom stereocenters. The Morgan fingerprint density at radius 1 is 0.359 bits per heavy atom. The molecule has 0 bridgehead atoms. The second-order valence-electron chi connectivity index (χ2n) is 19.9. The summed E-state index contributed by atoms with van der Waals surface area (Å²) < 4.78 is 187. The predicted octanol–water partition coefficient (Wildman–Crippen LogP) is 8.45. The summed E-state index contributed by atoms with van der Waals surface area (Å²) >= 11 is 0. The Bertz CT molecular complexity index is 5590. The van der Waals surface area contributed by atoms with E-state index in [1.165, 1.54) is 58.3 Å². The molecule has 26 nitrogen and oxygen atoms in total. The Kier molecular flexibility index (Phi) is 20.4. The van der Waals surface area contributed by atoms with Crippen molar-refractivity contribution in [1.29, 1.82) is 0 Å². The van der Waals surface area contributed by atoms with Crippen molar-refractivity contribution in [1.82, 2.24) is 10.6 Å². The van der Waals surface area contributed by atoms with Crippen LogP contribution in [0.2, 0.25) is 0 Å². The number of fused-ring (bicyclic) bond motifs is 2. The summed E-state index contributed by atoms with van der Waals surface area (Å²) in [5.41, 5.74) is 1.54. The third kappa shape index (κ3) is 14.0. The molecule has 2 amide bonds. The second-order valence-corrected chi connectivity index (χ2v) is 26.2. The number of ketones is 4. The van der Waals surface area contributed by atoms with Gasteiger partial charge in [-0.05, 0) is 104 Å². The molecule has 0 aromatic heterocycles. The molecule has 6 N–H and O–H groups in total. The van der Waals surface area contributed by atoms with Crippen LogP contribution in [0.4, 0.5) is 0 Å². The van der Waals surface area contributed by atoms with Gasteiger partial charge in [-0.1, -0.05) is 98.8 Å². The molecule has 11 aromatic carbocycles. The lowest BCUT2D eigenvalue weighted by atomic mass is 9.88. The first-order valence-corrected chi connectivity index (χ1v) is 34.1. The molecule has 0 fully saturated rings. The van der Waals surface area contributed by atoms with E-state index in [9.17, 15) is 80.6 Å². The van der Waals surface area contributed by atoms with Gasteiger partial charge in [0.05, 0.1) is 0 Å². The molecule has 0 aliphatic carbocycles. The number of hydrogen-bond donors (Lipinski definition) is 6. The zero-order chi connectivity index (χ0) is 68.6. The quantitative estimate of drug-likeness (QED) is 0.0289. The zero-order valence-corrected chi connectivity index (χ0v) is 53.3. The number of carbonyl (C=O) groups excluding carboxylic acids is 6. The minimum atomic E-state index is -4.90. The number of Topliss-reactive ketones (excluding diaryl/α,β-unsaturated/α-hetero) is 4. The highest BCUT2D eigenvalue weighted by Crippen LogP contribution is 2.44. The van der Waals surface area contributed by atoms with Crippen molar-refractivity contribution >= 4 is 183 Å². The van der Waals surface area contributed by atoms with Crippen LogP contribution < -0.4 is 10.6 Å². The van der Waals surface area contributed by atoms with E-state index >= 15 is 0 Å². The minimum absolute atomic E-state index is 0.00770. The number of carbonyl (C=O) groups is 6. The lowest BCUT2D eigenvalue weighted by molar-refractivity contribution is 0.0956. The molecular formula is C60H48N2O24S6. The summed E-state index contributed by atoms with van der Waals surface area (Å²) in [6.45, 7) is 6.11. The van der Waals surface area contributed by atoms with Gasteiger partial charge in [0.25, 0.3) is 52.3 Å². The molecule has 0 heterocycles. The van der Waals surface area contributed by atoms with Gasteiger partial charge in [0.2, 0.25) is 0 Å². The summed E-state index contributed by atoms with van der Waals surface area (Å²) in [6, 6.07) is 30.4. The van der Waals surface area contributed by atoms with Crippen molar-refractivity contribution in [3.05, 3.63) is 155 Å². The first kappa shape index (κ1) is 70.0. The maximum atomic E-state index is 12.5. The maximum absolute atomic E-state index is 12.5. The van der Waals surface area contributed by atoms with Crippen LogP contribution in [-0.4, -0.2) is 126 Å². The standard InChI is InChI=1S/C21H17NO5S.C20H14O5S.C19H17NO8S2.2O3S/c1-3-17(23)16-10-18(28(25,26)27)15-9-8-12-14(21(24)22-2)7-5-11-4-6-13(16)20(15)19(11)12;1-10(21)13-5-3-12-4-6-15-17(11(2)22)9-18(26(23,24)25)16-8-7-14(13)19(12)20(15)16;1-3-16(21)10-4-6-12-14(8-10)17(29(23,24)25)13-7-5-11(19(22)20-2)9-15(13)18(12)30(26,27)28;2*1-4(2)3/h4-10H,3H2,1-2H3,(H,22,24)(H,25,26,27);3-9H,1-2H3,(H,23,24,25);4-9H,3H2,1-2H3,(H,20,22)(H,23,24,25)(H,26,27,28);;. The van der Waals surface area contributed by atoms with E-state index in [0.717, 1.165) is 29.0 Å². The Morgan fingerprint density at radius 3 is 1.08 bits per heavy atom. The Morgan fingerprint density at radius 2 is 0.685 bits per heavy atom. The van der Waals surface area contributed by atoms with Gasteiger partial charge in [-0.15, -0.1) is 25.3 Å². The average Bonchev–Trinajstić information content (AvgIpc) is 0.737. The van der Waals surface area contributed by atoms with Crippen LogP contribution in [-0.2, 0) is 61.7 Å². The number of rotatable bonds is 12. The van der Waals surface area contributed by atoms with Crippen molar-refractivity contribution < 1.29 is 106 Å². The van der Waals surface area contributed by atoms with E-state index in [1.807, 2.05) is 12.1 Å². The smallest absolute Gasteiger partial charge is 0.355 e. The second kappa shape index (κ2) is 26.8. The van der Waals surface area contributed by atoms with E-state index in [1.54, 1.807) is 74.5 Å². The van der Waals surface area contributed by atoms with E-state index in [-0.39, 0.29) is 95.5 Å². The van der Waals surface area contributed by atoms with Crippen molar-refractivity contribution in [3.8, 4) is 0 Å². The van der Waals surface area contributed by atoms with Crippen LogP contribution in [0.3, 0.4) is 0 Å². The van der Waals surface area contributed by atoms with Gasteiger partial charge in [0.15, 0.2) is 23.1 Å². The fraction of sp³-hybridized carbons (Fsp3) is 0.133. The highest BCUT2D eigenvalue weighted by atomic mass is 32.2. The first-order chi connectivity index (χ1) is 42.8. The van der Waals surface area contributed by atoms with Crippen LogP contribution in [0.15, 0.2) is 141 Å². The van der Waals surface area contributed by atoms with Crippen LogP contribution in [0.5, 0.6) is 0 Å². The molecule has 0 aliphatic heterocycles. The van der Waals surface area contributed by atoms with Crippen molar-refractivity contribution in [2.75, 3.05) is 14.1 Å². The SMILES string of the molecule is CC(=O)c1ccc2ccc3c(C(C)=O)cc(S(=O)(=O)O)c4ccc1c2c34.CCC(=O)c1cc(S(=O)(=O)O)c2ccc3c(C(=O)NC)ccc4ccc1c2c43.CCC(=O)c1ccc2c(S(=O)(=O)O)c3cc(C(=O)NC)ccc3c(S(=O)(=O)O)c2c1.O=S(=O)=O.O=S(=O)=O.